The lowest BCUT2D eigenvalue weighted by Gasteiger charge is -2.25. The monoisotopic (exact) mass is 517 g/mol. The fourth-order valence-electron chi connectivity index (χ4n) is 3.20. The van der Waals surface area contributed by atoms with E-state index in [4.69, 9.17) is 10.5 Å². The summed E-state index contributed by atoms with van der Waals surface area (Å²) in [5.74, 6) is 0. The number of carbonyl (C=O) groups excluding carboxylic acids is 1. The summed E-state index contributed by atoms with van der Waals surface area (Å²) < 4.78 is 34.2. The van der Waals surface area contributed by atoms with Crippen molar-refractivity contribution in [2.24, 2.45) is 5.73 Å². The van der Waals surface area contributed by atoms with E-state index in [9.17, 15) is 13.2 Å². The molecule has 0 aliphatic heterocycles. The van der Waals surface area contributed by atoms with E-state index in [1.807, 2.05) is 41.3 Å². The molecule has 0 fully saturated rings. The summed E-state index contributed by atoms with van der Waals surface area (Å²) in [5, 5.41) is 0. The number of hydrogen-bond acceptors (Lipinski definition) is 5. The maximum atomic E-state index is 13.0. The van der Waals surface area contributed by atoms with E-state index in [1.165, 1.54) is 0 Å². The Morgan fingerprint density at radius 3 is 2.53 bits per heavy atom. The number of benzene rings is 3. The van der Waals surface area contributed by atoms with Gasteiger partial charge in [-0.3, -0.25) is 4.72 Å². The van der Waals surface area contributed by atoms with Crippen molar-refractivity contribution < 1.29 is 17.9 Å². The number of primary amides is 1. The molecule has 3 aromatic rings. The van der Waals surface area contributed by atoms with Crippen molar-refractivity contribution >= 4 is 43.4 Å². The molecule has 0 spiro atoms. The van der Waals surface area contributed by atoms with Gasteiger partial charge >= 0.3 is 6.09 Å². The molecule has 0 saturated heterocycles. The summed E-state index contributed by atoms with van der Waals surface area (Å²) in [7, 11) is -3.78. The van der Waals surface area contributed by atoms with Gasteiger partial charge in [0.05, 0.1) is 17.1 Å². The molecule has 0 aromatic heterocycles. The SMILES string of the molecule is Cc1ccc(Br)cc1S(=O)(=O)Nc1cccc(N(CCOC(N)=O)Cc2ccccc2)c1. The van der Waals surface area contributed by atoms with Crippen LogP contribution in [0.3, 0.4) is 0 Å². The molecule has 0 aliphatic carbocycles. The Morgan fingerprint density at radius 2 is 1.81 bits per heavy atom. The largest absolute Gasteiger partial charge is 0.448 e. The van der Waals surface area contributed by atoms with Crippen molar-refractivity contribution in [1.82, 2.24) is 0 Å². The Kier molecular flexibility index (Phi) is 7.76. The summed E-state index contributed by atoms with van der Waals surface area (Å²) in [6.45, 7) is 2.79. The molecular formula is C23H24BrN3O4S. The molecule has 3 rings (SSSR count). The zero-order valence-electron chi connectivity index (χ0n) is 17.5. The summed E-state index contributed by atoms with van der Waals surface area (Å²) in [6.07, 6.45) is -0.837. The average molecular weight is 518 g/mol. The number of sulfonamides is 1. The zero-order chi connectivity index (χ0) is 23.1. The molecule has 0 atom stereocenters. The van der Waals surface area contributed by atoms with E-state index in [0.717, 1.165) is 11.3 Å². The molecule has 32 heavy (non-hydrogen) atoms. The van der Waals surface area contributed by atoms with Gasteiger partial charge in [0.1, 0.15) is 6.61 Å². The molecular weight excluding hydrogens is 494 g/mol. The predicted molar refractivity (Wildman–Crippen MR) is 129 cm³/mol. The molecule has 3 N–H and O–H groups in total. The van der Waals surface area contributed by atoms with Gasteiger partial charge in [0.15, 0.2) is 0 Å². The highest BCUT2D eigenvalue weighted by Crippen LogP contribution is 2.26. The first-order valence-electron chi connectivity index (χ1n) is 9.85. The zero-order valence-corrected chi connectivity index (χ0v) is 19.9. The van der Waals surface area contributed by atoms with Crippen molar-refractivity contribution in [1.29, 1.82) is 0 Å². The minimum absolute atomic E-state index is 0.107. The molecule has 0 saturated carbocycles. The van der Waals surface area contributed by atoms with Crippen LogP contribution in [0.1, 0.15) is 11.1 Å². The second-order valence-corrected chi connectivity index (χ2v) is 9.71. The van der Waals surface area contributed by atoms with Crippen LogP contribution in [0.2, 0.25) is 0 Å². The number of hydrogen-bond donors (Lipinski definition) is 2. The van der Waals surface area contributed by atoms with Gasteiger partial charge in [-0.15, -0.1) is 0 Å². The molecule has 1 amide bonds. The van der Waals surface area contributed by atoms with Gasteiger partial charge < -0.3 is 15.4 Å². The van der Waals surface area contributed by atoms with Crippen LogP contribution in [0, 0.1) is 6.92 Å². The lowest BCUT2D eigenvalue weighted by atomic mass is 10.2. The lowest BCUT2D eigenvalue weighted by Crippen LogP contribution is -2.29. The van der Waals surface area contributed by atoms with E-state index in [-0.39, 0.29) is 11.5 Å². The smallest absolute Gasteiger partial charge is 0.404 e. The van der Waals surface area contributed by atoms with Crippen molar-refractivity contribution in [3.63, 3.8) is 0 Å². The molecule has 0 unspecified atom stereocenters. The third kappa shape index (κ3) is 6.48. The number of carbonyl (C=O) groups is 1. The van der Waals surface area contributed by atoms with E-state index >= 15 is 0 Å². The van der Waals surface area contributed by atoms with Crippen LogP contribution in [0.15, 0.2) is 82.2 Å². The van der Waals surface area contributed by atoms with E-state index in [0.29, 0.717) is 28.8 Å². The van der Waals surface area contributed by atoms with Crippen molar-refractivity contribution in [2.75, 3.05) is 22.8 Å². The average Bonchev–Trinajstić information content (AvgIpc) is 2.75. The van der Waals surface area contributed by atoms with Crippen molar-refractivity contribution in [3.05, 3.63) is 88.4 Å². The normalized spacial score (nSPS) is 11.1. The molecule has 0 aliphatic rings. The Labute approximate surface area is 196 Å². The first-order valence-corrected chi connectivity index (χ1v) is 12.1. The van der Waals surface area contributed by atoms with E-state index < -0.39 is 16.1 Å². The molecule has 168 valence electrons. The van der Waals surface area contributed by atoms with Crippen LogP contribution < -0.4 is 15.4 Å². The molecule has 3 aromatic carbocycles. The number of amides is 1. The second kappa shape index (κ2) is 10.5. The quantitative estimate of drug-likeness (QED) is 0.429. The number of anilines is 2. The Bertz CT molecular complexity index is 1190. The van der Waals surface area contributed by atoms with Crippen LogP contribution in [-0.4, -0.2) is 27.7 Å². The second-order valence-electron chi connectivity index (χ2n) is 7.14. The number of nitrogens with zero attached hydrogens (tertiary/aromatic N) is 1. The van der Waals surface area contributed by atoms with Gasteiger partial charge in [-0.05, 0) is 48.4 Å². The summed E-state index contributed by atoms with van der Waals surface area (Å²) in [4.78, 5) is 13.2. The van der Waals surface area contributed by atoms with E-state index in [2.05, 4.69) is 20.7 Å². The van der Waals surface area contributed by atoms with Gasteiger partial charge in [0.2, 0.25) is 0 Å². The third-order valence-corrected chi connectivity index (χ3v) is 6.74. The minimum atomic E-state index is -3.78. The van der Waals surface area contributed by atoms with Gasteiger partial charge in [0, 0.05) is 16.7 Å². The molecule has 7 nitrogen and oxygen atoms in total. The standard InChI is InChI=1S/C23H24BrN3O4S/c1-17-10-11-19(24)14-22(17)32(29,30)26-20-8-5-9-21(15-20)27(12-13-31-23(25)28)16-18-6-3-2-4-7-18/h2-11,14-15,26H,12-13,16H2,1H3,(H2,25,28). The van der Waals surface area contributed by atoms with Gasteiger partial charge in [-0.2, -0.15) is 0 Å². The maximum absolute atomic E-state index is 13.0. The first-order chi connectivity index (χ1) is 15.2. The molecule has 9 heteroatoms. The number of halogens is 1. The molecule has 0 heterocycles. The fourth-order valence-corrected chi connectivity index (χ4v) is 5.03. The van der Waals surface area contributed by atoms with Crippen LogP contribution in [0.25, 0.3) is 0 Å². The highest BCUT2D eigenvalue weighted by molar-refractivity contribution is 9.10. The van der Waals surface area contributed by atoms with Gasteiger partial charge in [0.25, 0.3) is 10.0 Å². The predicted octanol–water partition coefficient (Wildman–Crippen LogP) is 4.66. The van der Waals surface area contributed by atoms with Crippen LogP contribution in [0.5, 0.6) is 0 Å². The third-order valence-electron chi connectivity index (χ3n) is 4.73. The number of rotatable bonds is 9. The Balaban J connectivity index is 1.86. The van der Waals surface area contributed by atoms with Crippen LogP contribution in [-0.2, 0) is 21.3 Å². The maximum Gasteiger partial charge on any atom is 0.404 e. The van der Waals surface area contributed by atoms with Gasteiger partial charge in [-0.25, -0.2) is 13.2 Å². The van der Waals surface area contributed by atoms with E-state index in [1.54, 1.807) is 43.3 Å². The number of aryl methyl sites for hydroxylation is 1. The highest BCUT2D eigenvalue weighted by atomic mass is 79.9. The van der Waals surface area contributed by atoms with Crippen LogP contribution >= 0.6 is 15.9 Å². The first kappa shape index (κ1) is 23.6. The minimum Gasteiger partial charge on any atom is -0.448 e. The number of nitrogens with one attached hydrogen (secondary N) is 1. The summed E-state index contributed by atoms with van der Waals surface area (Å²) >= 11 is 3.33. The Morgan fingerprint density at radius 1 is 1.06 bits per heavy atom. The fraction of sp³-hybridized carbons (Fsp3) is 0.174. The molecule has 0 radical (unpaired) electrons. The summed E-state index contributed by atoms with van der Waals surface area (Å²) in [5.41, 5.74) is 7.98. The van der Waals surface area contributed by atoms with Crippen LogP contribution in [0.4, 0.5) is 16.2 Å². The highest BCUT2D eigenvalue weighted by Gasteiger charge is 2.18. The lowest BCUT2D eigenvalue weighted by molar-refractivity contribution is 0.159. The number of ether oxygens (including phenoxy) is 1. The number of nitrogens with two attached hydrogens (primary N) is 1. The summed E-state index contributed by atoms with van der Waals surface area (Å²) in [6, 6.07) is 22.0. The van der Waals surface area contributed by atoms with Crippen molar-refractivity contribution in [3.8, 4) is 0 Å². The topological polar surface area (TPSA) is 102 Å². The van der Waals surface area contributed by atoms with Crippen molar-refractivity contribution in [2.45, 2.75) is 18.4 Å². The van der Waals surface area contributed by atoms with Gasteiger partial charge in [-0.1, -0.05) is 58.4 Å². The molecule has 0 bridgehead atoms. The Hall–Kier alpha value is -3.04.